The predicted octanol–water partition coefficient (Wildman–Crippen LogP) is 5.98. The summed E-state index contributed by atoms with van der Waals surface area (Å²) in [6, 6.07) is 6.76. The van der Waals surface area contributed by atoms with Crippen LogP contribution < -0.4 is 0 Å². The highest BCUT2D eigenvalue weighted by molar-refractivity contribution is 7.86. The molecule has 1 spiro atoms. The van der Waals surface area contributed by atoms with Gasteiger partial charge in [-0.25, -0.2) is 0 Å². The van der Waals surface area contributed by atoms with Gasteiger partial charge < -0.3 is 9.47 Å². The molecule has 5 aliphatic rings. The highest BCUT2D eigenvalue weighted by atomic mass is 32.2. The third-order valence-corrected chi connectivity index (χ3v) is 12.4. The van der Waals surface area contributed by atoms with Crippen LogP contribution in [0.1, 0.15) is 77.2 Å². The number of ketones is 1. The second-order valence-electron chi connectivity index (χ2n) is 13.0. The summed E-state index contributed by atoms with van der Waals surface area (Å²) in [5, 5.41) is 0. The summed E-state index contributed by atoms with van der Waals surface area (Å²) in [6.45, 7) is 8.13. The molecule has 1 saturated heterocycles. The smallest absolute Gasteiger partial charge is 0.296 e. The molecule has 4 aliphatic carbocycles. The number of rotatable bonds is 6. The van der Waals surface area contributed by atoms with Gasteiger partial charge in [-0.15, -0.1) is 0 Å². The van der Waals surface area contributed by atoms with Gasteiger partial charge in [-0.2, -0.15) is 8.42 Å². The van der Waals surface area contributed by atoms with Crippen LogP contribution >= 0.6 is 0 Å². The summed E-state index contributed by atoms with van der Waals surface area (Å²) in [4.78, 5) is 13.6. The summed E-state index contributed by atoms with van der Waals surface area (Å²) >= 11 is 0. The maximum atomic E-state index is 13.4. The maximum Gasteiger partial charge on any atom is 0.296 e. The number of ether oxygens (including phenoxy) is 2. The van der Waals surface area contributed by atoms with E-state index in [1.165, 1.54) is 5.57 Å². The van der Waals surface area contributed by atoms with Gasteiger partial charge in [-0.1, -0.05) is 43.2 Å². The van der Waals surface area contributed by atoms with E-state index in [4.69, 9.17) is 13.7 Å². The summed E-state index contributed by atoms with van der Waals surface area (Å²) in [5.41, 5.74) is 2.41. The molecule has 0 N–H and O–H groups in total. The fourth-order valence-electron chi connectivity index (χ4n) is 8.96. The lowest BCUT2D eigenvalue weighted by atomic mass is 9.47. The van der Waals surface area contributed by atoms with Gasteiger partial charge in [0.25, 0.3) is 10.1 Å². The van der Waals surface area contributed by atoms with Crippen LogP contribution in [0.15, 0.2) is 40.8 Å². The number of carbonyl (C=O) groups excluding carboxylic acids is 1. The normalized spacial score (nSPS) is 38.0. The number of Topliss-reactive ketones (excluding diaryl/α,β-unsaturated/α-hetero) is 1. The molecule has 1 aliphatic heterocycles. The first kappa shape index (κ1) is 26.7. The molecule has 208 valence electrons. The van der Waals surface area contributed by atoms with E-state index < -0.39 is 15.9 Å². The SMILES string of the molecule is Cc1ccc(S(=O)(=O)OCCC[C@H]2CC(=O)[C@@]3(C)CC[C@H]4[C@@H](CC=C5CC6(CC[C@@]54C)OCCO6)[C@H]23)cc1. The lowest BCUT2D eigenvalue weighted by Gasteiger charge is -2.58. The van der Waals surface area contributed by atoms with Crippen molar-refractivity contribution in [3.63, 3.8) is 0 Å². The zero-order chi connectivity index (χ0) is 26.8. The second-order valence-corrected chi connectivity index (χ2v) is 14.7. The van der Waals surface area contributed by atoms with Gasteiger partial charge in [-0.3, -0.25) is 8.98 Å². The summed E-state index contributed by atoms with van der Waals surface area (Å²) in [5.74, 6) is 1.72. The Balaban J connectivity index is 1.15. The number of hydrogen-bond acceptors (Lipinski definition) is 6. The van der Waals surface area contributed by atoms with Crippen molar-refractivity contribution in [3.8, 4) is 0 Å². The fourth-order valence-corrected chi connectivity index (χ4v) is 9.91. The summed E-state index contributed by atoms with van der Waals surface area (Å²) < 4.78 is 42.8. The molecule has 6 atom stereocenters. The molecule has 4 fully saturated rings. The van der Waals surface area contributed by atoms with Crippen LogP contribution in [0.25, 0.3) is 0 Å². The first-order valence-corrected chi connectivity index (χ1v) is 15.9. The minimum atomic E-state index is -3.76. The van der Waals surface area contributed by atoms with Crippen LogP contribution in [-0.2, 0) is 28.6 Å². The van der Waals surface area contributed by atoms with E-state index in [1.54, 1.807) is 24.3 Å². The topological polar surface area (TPSA) is 78.9 Å². The van der Waals surface area contributed by atoms with Crippen LogP contribution in [0.4, 0.5) is 0 Å². The Kier molecular flexibility index (Phi) is 6.69. The van der Waals surface area contributed by atoms with E-state index in [1.807, 2.05) is 6.92 Å². The molecule has 6 nitrogen and oxygen atoms in total. The van der Waals surface area contributed by atoms with Gasteiger partial charge in [0.05, 0.1) is 24.7 Å². The Morgan fingerprint density at radius 1 is 1.03 bits per heavy atom. The van der Waals surface area contributed by atoms with Crippen molar-refractivity contribution < 1.29 is 26.9 Å². The van der Waals surface area contributed by atoms with E-state index in [0.717, 1.165) is 50.5 Å². The molecule has 38 heavy (non-hydrogen) atoms. The van der Waals surface area contributed by atoms with Crippen molar-refractivity contribution in [2.75, 3.05) is 19.8 Å². The van der Waals surface area contributed by atoms with Crippen molar-refractivity contribution >= 4 is 15.9 Å². The standard InChI is InChI=1S/C31H42O6S/c1-21-6-9-24(10-7-21)38(33,34)37-16-4-5-22-19-27(32)30(3)13-12-26-25(28(22)30)11-8-23-20-31(35-17-18-36-31)15-14-29(23,26)2/h6-10,22,25-26,28H,4-5,11-20H2,1-3H3/t22-,25+,26-,28-,29-,30+/m0/s1. The molecule has 1 aromatic carbocycles. The number of allylic oxidation sites excluding steroid dienone is 1. The van der Waals surface area contributed by atoms with Crippen molar-refractivity contribution in [2.24, 2.45) is 34.5 Å². The second kappa shape index (κ2) is 9.53. The number of benzene rings is 1. The fraction of sp³-hybridized carbons (Fsp3) is 0.710. The molecule has 3 saturated carbocycles. The molecule has 6 rings (SSSR count). The lowest BCUT2D eigenvalue weighted by molar-refractivity contribution is -0.185. The maximum absolute atomic E-state index is 13.4. The van der Waals surface area contributed by atoms with E-state index in [-0.39, 0.29) is 22.3 Å². The van der Waals surface area contributed by atoms with Crippen molar-refractivity contribution in [1.82, 2.24) is 0 Å². The molecule has 1 heterocycles. The zero-order valence-corrected chi connectivity index (χ0v) is 23.9. The summed E-state index contributed by atoms with van der Waals surface area (Å²) in [6.07, 6.45) is 10.6. The molecule has 0 aromatic heterocycles. The first-order chi connectivity index (χ1) is 18.1. The van der Waals surface area contributed by atoms with Crippen molar-refractivity contribution in [3.05, 3.63) is 41.5 Å². The number of hydrogen-bond donors (Lipinski definition) is 0. The molecular weight excluding hydrogens is 500 g/mol. The van der Waals surface area contributed by atoms with E-state index in [2.05, 4.69) is 19.9 Å². The minimum absolute atomic E-state index is 0.145. The van der Waals surface area contributed by atoms with Gasteiger partial charge in [0.2, 0.25) is 0 Å². The highest BCUT2D eigenvalue weighted by Gasteiger charge is 2.62. The lowest BCUT2D eigenvalue weighted by Crippen LogP contribution is -2.53. The highest BCUT2D eigenvalue weighted by Crippen LogP contribution is 2.66. The average Bonchev–Trinajstić information content (AvgIpc) is 3.44. The third kappa shape index (κ3) is 4.32. The number of aryl methyl sites for hydroxylation is 1. The molecule has 7 heteroatoms. The van der Waals surface area contributed by atoms with Gasteiger partial charge in [0.1, 0.15) is 5.78 Å². The van der Waals surface area contributed by atoms with Gasteiger partial charge in [-0.05, 0) is 86.7 Å². The Morgan fingerprint density at radius 3 is 2.50 bits per heavy atom. The molecular formula is C31H42O6S. The van der Waals surface area contributed by atoms with Gasteiger partial charge in [0, 0.05) is 24.7 Å². The van der Waals surface area contributed by atoms with Crippen molar-refractivity contribution in [2.45, 2.75) is 89.2 Å². The van der Waals surface area contributed by atoms with E-state index in [0.29, 0.717) is 55.5 Å². The van der Waals surface area contributed by atoms with Gasteiger partial charge in [0.15, 0.2) is 5.79 Å². The van der Waals surface area contributed by atoms with Crippen molar-refractivity contribution in [1.29, 1.82) is 0 Å². The Bertz CT molecular complexity index is 1210. The Morgan fingerprint density at radius 2 is 1.76 bits per heavy atom. The molecule has 0 unspecified atom stereocenters. The first-order valence-electron chi connectivity index (χ1n) is 14.5. The largest absolute Gasteiger partial charge is 0.347 e. The Hall–Kier alpha value is -1.54. The molecule has 0 bridgehead atoms. The van der Waals surface area contributed by atoms with E-state index >= 15 is 0 Å². The van der Waals surface area contributed by atoms with Crippen LogP contribution in [0, 0.1) is 41.4 Å². The van der Waals surface area contributed by atoms with Crippen LogP contribution in [0.3, 0.4) is 0 Å². The minimum Gasteiger partial charge on any atom is -0.347 e. The average molecular weight is 543 g/mol. The number of carbonyl (C=O) groups is 1. The molecule has 0 radical (unpaired) electrons. The number of fused-ring (bicyclic) bond motifs is 5. The van der Waals surface area contributed by atoms with Crippen LogP contribution in [0.2, 0.25) is 0 Å². The van der Waals surface area contributed by atoms with Crippen LogP contribution in [0.5, 0.6) is 0 Å². The predicted molar refractivity (Wildman–Crippen MR) is 144 cm³/mol. The van der Waals surface area contributed by atoms with Gasteiger partial charge >= 0.3 is 0 Å². The van der Waals surface area contributed by atoms with E-state index in [9.17, 15) is 13.2 Å². The third-order valence-electron chi connectivity index (χ3n) is 11.0. The monoisotopic (exact) mass is 542 g/mol. The molecule has 1 aromatic rings. The molecule has 0 amide bonds. The zero-order valence-electron chi connectivity index (χ0n) is 23.0. The quantitative estimate of drug-likeness (QED) is 0.250. The summed E-state index contributed by atoms with van der Waals surface area (Å²) in [7, 11) is -3.76. The Labute approximate surface area is 227 Å². The van der Waals surface area contributed by atoms with Crippen LogP contribution in [-0.4, -0.2) is 39.8 Å².